The summed E-state index contributed by atoms with van der Waals surface area (Å²) in [6, 6.07) is 0. The van der Waals surface area contributed by atoms with Crippen LogP contribution < -0.4 is 0 Å². The molecule has 0 aliphatic heterocycles. The van der Waals surface area contributed by atoms with Gasteiger partial charge in [-0.15, -0.1) is 5.10 Å². The minimum atomic E-state index is 0.623. The SMILES string of the molecule is COCc1cnns1. The van der Waals surface area contributed by atoms with Crippen LogP contribution in [0.15, 0.2) is 6.20 Å². The Morgan fingerprint density at radius 1 is 1.88 bits per heavy atom. The summed E-state index contributed by atoms with van der Waals surface area (Å²) in [7, 11) is 1.65. The highest BCUT2D eigenvalue weighted by molar-refractivity contribution is 7.05. The van der Waals surface area contributed by atoms with Crippen molar-refractivity contribution in [2.75, 3.05) is 7.11 Å². The van der Waals surface area contributed by atoms with Crippen LogP contribution in [0.5, 0.6) is 0 Å². The van der Waals surface area contributed by atoms with Gasteiger partial charge in [-0.3, -0.25) is 0 Å². The third-order valence-electron chi connectivity index (χ3n) is 0.694. The van der Waals surface area contributed by atoms with Crippen molar-refractivity contribution < 1.29 is 4.74 Å². The van der Waals surface area contributed by atoms with Gasteiger partial charge in [0.1, 0.15) is 0 Å². The summed E-state index contributed by atoms with van der Waals surface area (Å²) in [5.41, 5.74) is 0. The van der Waals surface area contributed by atoms with Gasteiger partial charge in [0.05, 0.1) is 17.7 Å². The molecule has 0 fully saturated rings. The van der Waals surface area contributed by atoms with Gasteiger partial charge in [-0.1, -0.05) is 4.49 Å². The Labute approximate surface area is 51.5 Å². The number of hydrogen-bond acceptors (Lipinski definition) is 4. The van der Waals surface area contributed by atoms with E-state index in [1.54, 1.807) is 13.3 Å². The lowest BCUT2D eigenvalue weighted by atomic mass is 10.6. The van der Waals surface area contributed by atoms with E-state index >= 15 is 0 Å². The average Bonchev–Trinajstić information content (AvgIpc) is 2.19. The second-order valence-electron chi connectivity index (χ2n) is 1.32. The molecule has 3 nitrogen and oxygen atoms in total. The summed E-state index contributed by atoms with van der Waals surface area (Å²) >= 11 is 1.36. The van der Waals surface area contributed by atoms with E-state index in [-0.39, 0.29) is 0 Å². The predicted octanol–water partition coefficient (Wildman–Crippen LogP) is 0.684. The van der Waals surface area contributed by atoms with Crippen LogP contribution in [-0.2, 0) is 11.3 Å². The molecule has 0 spiro atoms. The third-order valence-corrected chi connectivity index (χ3v) is 1.33. The molecule has 0 atom stereocenters. The molecule has 0 N–H and O–H groups in total. The summed E-state index contributed by atoms with van der Waals surface area (Å²) in [6.07, 6.45) is 1.70. The van der Waals surface area contributed by atoms with E-state index in [0.717, 1.165) is 4.88 Å². The van der Waals surface area contributed by atoms with Gasteiger partial charge in [0.15, 0.2) is 0 Å². The summed E-state index contributed by atoms with van der Waals surface area (Å²) in [5.74, 6) is 0. The standard InChI is InChI=1S/C4H6N2OS/c1-7-3-4-2-5-6-8-4/h2H,3H2,1H3. The third kappa shape index (κ3) is 1.24. The molecule has 0 aliphatic carbocycles. The van der Waals surface area contributed by atoms with Gasteiger partial charge in [-0.2, -0.15) is 0 Å². The van der Waals surface area contributed by atoms with Crippen molar-refractivity contribution in [1.29, 1.82) is 0 Å². The van der Waals surface area contributed by atoms with Crippen LogP contribution in [0.2, 0.25) is 0 Å². The Morgan fingerprint density at radius 3 is 3.25 bits per heavy atom. The zero-order valence-electron chi connectivity index (χ0n) is 4.50. The monoisotopic (exact) mass is 130 g/mol. The highest BCUT2D eigenvalue weighted by Crippen LogP contribution is 2.01. The Hall–Kier alpha value is -0.480. The van der Waals surface area contributed by atoms with Crippen LogP contribution in [0, 0.1) is 0 Å². The lowest BCUT2D eigenvalue weighted by molar-refractivity contribution is 0.187. The molecule has 1 aromatic rings. The lowest BCUT2D eigenvalue weighted by Crippen LogP contribution is -1.79. The first kappa shape index (κ1) is 5.65. The minimum absolute atomic E-state index is 0.623. The number of ether oxygens (including phenoxy) is 1. The number of nitrogens with zero attached hydrogens (tertiary/aromatic N) is 2. The van der Waals surface area contributed by atoms with Crippen molar-refractivity contribution in [3.63, 3.8) is 0 Å². The van der Waals surface area contributed by atoms with E-state index in [1.165, 1.54) is 11.5 Å². The molecule has 1 rings (SSSR count). The Kier molecular flexibility index (Phi) is 1.93. The molecule has 1 heterocycles. The Bertz CT molecular complexity index is 140. The number of aromatic nitrogens is 2. The van der Waals surface area contributed by atoms with Crippen molar-refractivity contribution in [2.24, 2.45) is 0 Å². The van der Waals surface area contributed by atoms with Gasteiger partial charge < -0.3 is 4.74 Å². The van der Waals surface area contributed by atoms with E-state index < -0.39 is 0 Å². The molecule has 0 radical (unpaired) electrons. The van der Waals surface area contributed by atoms with E-state index in [1.807, 2.05) is 0 Å². The zero-order valence-corrected chi connectivity index (χ0v) is 5.31. The van der Waals surface area contributed by atoms with Gasteiger partial charge >= 0.3 is 0 Å². The second kappa shape index (κ2) is 2.74. The van der Waals surface area contributed by atoms with Gasteiger partial charge in [0.2, 0.25) is 0 Å². The van der Waals surface area contributed by atoms with Gasteiger partial charge in [-0.05, 0) is 11.5 Å². The predicted molar refractivity (Wildman–Crippen MR) is 30.6 cm³/mol. The molecule has 8 heavy (non-hydrogen) atoms. The maximum absolute atomic E-state index is 4.82. The first-order valence-corrected chi connectivity index (χ1v) is 2.96. The van der Waals surface area contributed by atoms with Crippen LogP contribution in [-0.4, -0.2) is 16.7 Å². The fourth-order valence-corrected chi connectivity index (χ4v) is 0.857. The van der Waals surface area contributed by atoms with Crippen molar-refractivity contribution in [2.45, 2.75) is 6.61 Å². The number of methoxy groups -OCH3 is 1. The van der Waals surface area contributed by atoms with Gasteiger partial charge in [-0.25, -0.2) is 0 Å². The second-order valence-corrected chi connectivity index (χ2v) is 2.19. The van der Waals surface area contributed by atoms with E-state index in [0.29, 0.717) is 6.61 Å². The summed E-state index contributed by atoms with van der Waals surface area (Å²) < 4.78 is 8.47. The fraction of sp³-hybridized carbons (Fsp3) is 0.500. The van der Waals surface area contributed by atoms with Crippen molar-refractivity contribution in [3.05, 3.63) is 11.1 Å². The molecule has 4 heteroatoms. The quantitative estimate of drug-likeness (QED) is 0.590. The zero-order chi connectivity index (χ0) is 5.82. The van der Waals surface area contributed by atoms with E-state index in [9.17, 15) is 0 Å². The van der Waals surface area contributed by atoms with Gasteiger partial charge in [0.25, 0.3) is 0 Å². The first-order chi connectivity index (χ1) is 3.93. The highest BCUT2D eigenvalue weighted by atomic mass is 32.1. The normalized spacial score (nSPS) is 9.62. The van der Waals surface area contributed by atoms with E-state index in [2.05, 4.69) is 9.59 Å². The maximum Gasteiger partial charge on any atom is 0.0837 e. The first-order valence-electron chi connectivity index (χ1n) is 2.18. The van der Waals surface area contributed by atoms with Crippen LogP contribution in [0.3, 0.4) is 0 Å². The van der Waals surface area contributed by atoms with Crippen molar-refractivity contribution in [3.8, 4) is 0 Å². The maximum atomic E-state index is 4.82. The van der Waals surface area contributed by atoms with Crippen molar-refractivity contribution in [1.82, 2.24) is 9.59 Å². The summed E-state index contributed by atoms with van der Waals surface area (Å²) in [6.45, 7) is 0.623. The van der Waals surface area contributed by atoms with Crippen LogP contribution in [0.1, 0.15) is 4.88 Å². The summed E-state index contributed by atoms with van der Waals surface area (Å²) in [5, 5.41) is 3.63. The Morgan fingerprint density at radius 2 is 2.75 bits per heavy atom. The van der Waals surface area contributed by atoms with Crippen molar-refractivity contribution >= 4 is 11.5 Å². The molecular formula is C4H6N2OS. The molecule has 0 unspecified atom stereocenters. The molecule has 0 saturated heterocycles. The molecular weight excluding hydrogens is 124 g/mol. The molecule has 0 amide bonds. The molecule has 0 saturated carbocycles. The number of rotatable bonds is 2. The molecule has 1 aromatic heterocycles. The molecule has 0 aromatic carbocycles. The smallest absolute Gasteiger partial charge is 0.0837 e. The average molecular weight is 130 g/mol. The van der Waals surface area contributed by atoms with Gasteiger partial charge in [0, 0.05) is 7.11 Å². The molecule has 44 valence electrons. The molecule has 0 bridgehead atoms. The summed E-state index contributed by atoms with van der Waals surface area (Å²) in [4.78, 5) is 1.06. The minimum Gasteiger partial charge on any atom is -0.379 e. The van der Waals surface area contributed by atoms with Crippen LogP contribution in [0.25, 0.3) is 0 Å². The topological polar surface area (TPSA) is 35.0 Å². The fourth-order valence-electron chi connectivity index (χ4n) is 0.393. The van der Waals surface area contributed by atoms with Crippen LogP contribution in [0.4, 0.5) is 0 Å². The van der Waals surface area contributed by atoms with Crippen LogP contribution >= 0.6 is 11.5 Å². The Balaban J connectivity index is 2.50. The number of hydrogen-bond donors (Lipinski definition) is 0. The molecule has 0 aliphatic rings. The highest BCUT2D eigenvalue weighted by Gasteiger charge is 1.90. The van der Waals surface area contributed by atoms with E-state index in [4.69, 9.17) is 4.74 Å². The lowest BCUT2D eigenvalue weighted by Gasteiger charge is -1.86. The largest absolute Gasteiger partial charge is 0.379 e.